The maximum Gasteiger partial charge on any atom is 0.346 e. The summed E-state index contributed by atoms with van der Waals surface area (Å²) >= 11 is 0. The monoisotopic (exact) mass is 482 g/mol. The lowest BCUT2D eigenvalue weighted by atomic mass is 9.90. The van der Waals surface area contributed by atoms with Gasteiger partial charge in [-0.1, -0.05) is 12.1 Å². The van der Waals surface area contributed by atoms with Crippen molar-refractivity contribution in [3.05, 3.63) is 105 Å². The van der Waals surface area contributed by atoms with Crippen molar-refractivity contribution in [3.63, 3.8) is 0 Å². The summed E-state index contributed by atoms with van der Waals surface area (Å²) < 4.78 is 10.1. The molecule has 0 spiro atoms. The molecule has 6 heteroatoms. The van der Waals surface area contributed by atoms with Crippen LogP contribution in [0.3, 0.4) is 0 Å². The zero-order valence-electron chi connectivity index (χ0n) is 19.9. The molecule has 0 radical (unpaired) electrons. The van der Waals surface area contributed by atoms with Gasteiger partial charge >= 0.3 is 23.9 Å². The van der Waals surface area contributed by atoms with Gasteiger partial charge in [-0.05, 0) is 122 Å². The Bertz CT molecular complexity index is 1250. The highest BCUT2D eigenvalue weighted by Gasteiger charge is 2.20. The second-order valence-electron chi connectivity index (χ2n) is 9.31. The van der Waals surface area contributed by atoms with Crippen molar-refractivity contribution in [1.82, 2.24) is 0 Å². The Kier molecular flexibility index (Phi) is 6.76. The lowest BCUT2D eigenvalue weighted by Gasteiger charge is -2.16. The number of ether oxygens (including phenoxy) is 2. The first-order chi connectivity index (χ1) is 17.5. The van der Waals surface area contributed by atoms with Gasteiger partial charge in [0.2, 0.25) is 0 Å². The molecule has 0 aliphatic heterocycles. The number of esters is 4. The fourth-order valence-electron chi connectivity index (χ4n) is 4.87. The van der Waals surface area contributed by atoms with Crippen LogP contribution >= 0.6 is 0 Å². The van der Waals surface area contributed by atoms with Gasteiger partial charge in [0.25, 0.3) is 0 Å². The van der Waals surface area contributed by atoms with E-state index in [4.69, 9.17) is 9.47 Å². The van der Waals surface area contributed by atoms with Gasteiger partial charge in [0.1, 0.15) is 0 Å². The highest BCUT2D eigenvalue weighted by Crippen LogP contribution is 2.24. The van der Waals surface area contributed by atoms with Crippen LogP contribution in [-0.2, 0) is 35.2 Å². The van der Waals surface area contributed by atoms with Gasteiger partial charge < -0.3 is 9.47 Å². The Labute approximate surface area is 209 Å². The first-order valence-corrected chi connectivity index (χ1v) is 12.3. The van der Waals surface area contributed by atoms with E-state index < -0.39 is 23.9 Å². The van der Waals surface area contributed by atoms with Gasteiger partial charge in [-0.3, -0.25) is 0 Å². The van der Waals surface area contributed by atoms with Crippen LogP contribution in [0.1, 0.15) is 89.4 Å². The van der Waals surface area contributed by atoms with Crippen LogP contribution < -0.4 is 0 Å². The van der Waals surface area contributed by atoms with E-state index in [0.717, 1.165) is 62.5 Å². The molecule has 36 heavy (non-hydrogen) atoms. The summed E-state index contributed by atoms with van der Waals surface area (Å²) in [6.07, 6.45) is 8.26. The molecule has 3 aromatic carbocycles. The highest BCUT2D eigenvalue weighted by atomic mass is 16.6. The Morgan fingerprint density at radius 1 is 0.417 bits per heavy atom. The fraction of sp³-hybridized carbons (Fsp3) is 0.267. The molecule has 0 atom stereocenters. The van der Waals surface area contributed by atoms with Gasteiger partial charge in [-0.2, -0.15) is 0 Å². The van der Waals surface area contributed by atoms with E-state index in [1.165, 1.54) is 35.4 Å². The van der Waals surface area contributed by atoms with Crippen molar-refractivity contribution in [3.8, 4) is 0 Å². The minimum atomic E-state index is -0.817. The highest BCUT2D eigenvalue weighted by molar-refractivity contribution is 6.04. The molecule has 0 heterocycles. The number of fused-ring (bicyclic) bond motifs is 2. The molecule has 0 unspecified atom stereocenters. The number of hydrogen-bond donors (Lipinski definition) is 0. The lowest BCUT2D eigenvalue weighted by molar-refractivity contribution is 0.0376. The van der Waals surface area contributed by atoms with Gasteiger partial charge in [-0.25, -0.2) is 19.2 Å². The molecule has 0 amide bonds. The van der Waals surface area contributed by atoms with Gasteiger partial charge in [0.15, 0.2) is 0 Å². The zero-order valence-corrected chi connectivity index (χ0v) is 19.9. The Morgan fingerprint density at radius 3 is 1.11 bits per heavy atom. The third kappa shape index (κ3) is 5.13. The SMILES string of the molecule is O=C(OC(=O)c1ccc2c(c1)CCCC2)c1ccc(C(=O)OC(=O)c2ccc3c(c2)CCCC3)cc1. The lowest BCUT2D eigenvalue weighted by Crippen LogP contribution is -2.15. The molecule has 0 saturated carbocycles. The number of aryl methyl sites for hydroxylation is 4. The molecule has 0 bridgehead atoms. The second-order valence-corrected chi connectivity index (χ2v) is 9.31. The topological polar surface area (TPSA) is 86.7 Å². The Morgan fingerprint density at radius 2 is 0.722 bits per heavy atom. The third-order valence-electron chi connectivity index (χ3n) is 6.90. The number of carbonyl (C=O) groups is 4. The molecular formula is C30H26O6. The number of carbonyl (C=O) groups excluding carboxylic acids is 4. The Balaban J connectivity index is 1.20. The van der Waals surface area contributed by atoms with Gasteiger partial charge in [0.05, 0.1) is 22.3 Å². The smallest absolute Gasteiger partial charge is 0.346 e. The maximum atomic E-state index is 12.5. The molecule has 5 rings (SSSR count). The first-order valence-electron chi connectivity index (χ1n) is 12.3. The minimum Gasteiger partial charge on any atom is -0.386 e. The van der Waals surface area contributed by atoms with Crippen LogP contribution in [0.2, 0.25) is 0 Å². The van der Waals surface area contributed by atoms with Crippen molar-refractivity contribution < 1.29 is 28.7 Å². The summed E-state index contributed by atoms with van der Waals surface area (Å²) in [4.78, 5) is 49.9. The molecule has 0 aromatic heterocycles. The molecule has 6 nitrogen and oxygen atoms in total. The van der Waals surface area contributed by atoms with Crippen LogP contribution in [0.4, 0.5) is 0 Å². The Hall–Kier alpha value is -4.06. The molecule has 182 valence electrons. The molecule has 0 saturated heterocycles. The van der Waals surface area contributed by atoms with Crippen LogP contribution in [0.15, 0.2) is 60.7 Å². The van der Waals surface area contributed by atoms with Crippen LogP contribution in [0.5, 0.6) is 0 Å². The van der Waals surface area contributed by atoms with Gasteiger partial charge in [0, 0.05) is 0 Å². The first kappa shape index (κ1) is 23.7. The summed E-state index contributed by atoms with van der Waals surface area (Å²) in [6, 6.07) is 16.2. The van der Waals surface area contributed by atoms with E-state index in [1.807, 2.05) is 12.1 Å². The summed E-state index contributed by atoms with van der Waals surface area (Å²) in [5.74, 6) is -3.06. The normalized spacial score (nSPS) is 14.2. The summed E-state index contributed by atoms with van der Waals surface area (Å²) in [7, 11) is 0. The second kappa shape index (κ2) is 10.3. The van der Waals surface area contributed by atoms with Crippen molar-refractivity contribution in [2.75, 3.05) is 0 Å². The van der Waals surface area contributed by atoms with E-state index >= 15 is 0 Å². The van der Waals surface area contributed by atoms with Crippen molar-refractivity contribution in [1.29, 1.82) is 0 Å². The maximum absolute atomic E-state index is 12.5. The molecule has 2 aliphatic rings. The van der Waals surface area contributed by atoms with Gasteiger partial charge in [-0.15, -0.1) is 0 Å². The quantitative estimate of drug-likeness (QED) is 0.364. The summed E-state index contributed by atoms with van der Waals surface area (Å²) in [5.41, 5.74) is 5.60. The molecule has 3 aromatic rings. The van der Waals surface area contributed by atoms with Crippen LogP contribution in [0, 0.1) is 0 Å². The largest absolute Gasteiger partial charge is 0.386 e. The van der Waals surface area contributed by atoms with E-state index in [9.17, 15) is 19.2 Å². The molecular weight excluding hydrogens is 456 g/mol. The molecule has 0 N–H and O–H groups in total. The number of benzene rings is 3. The van der Waals surface area contributed by atoms with E-state index in [0.29, 0.717) is 11.1 Å². The molecule has 0 fully saturated rings. The van der Waals surface area contributed by atoms with E-state index in [-0.39, 0.29) is 11.1 Å². The number of hydrogen-bond acceptors (Lipinski definition) is 6. The van der Waals surface area contributed by atoms with E-state index in [1.54, 1.807) is 24.3 Å². The fourth-order valence-corrected chi connectivity index (χ4v) is 4.87. The predicted molar refractivity (Wildman–Crippen MR) is 132 cm³/mol. The average Bonchev–Trinajstić information content (AvgIpc) is 2.92. The zero-order chi connectivity index (χ0) is 25.1. The van der Waals surface area contributed by atoms with E-state index in [2.05, 4.69) is 0 Å². The third-order valence-corrected chi connectivity index (χ3v) is 6.90. The van der Waals surface area contributed by atoms with Crippen LogP contribution in [-0.4, -0.2) is 23.9 Å². The summed E-state index contributed by atoms with van der Waals surface area (Å²) in [5, 5.41) is 0. The van der Waals surface area contributed by atoms with Crippen molar-refractivity contribution >= 4 is 23.9 Å². The average molecular weight is 483 g/mol. The van der Waals surface area contributed by atoms with Crippen molar-refractivity contribution in [2.24, 2.45) is 0 Å². The minimum absolute atomic E-state index is 0.110. The molecule has 2 aliphatic carbocycles. The predicted octanol–water partition coefficient (Wildman–Crippen LogP) is 5.44. The summed E-state index contributed by atoms with van der Waals surface area (Å²) in [6.45, 7) is 0. The van der Waals surface area contributed by atoms with Crippen molar-refractivity contribution in [2.45, 2.75) is 51.4 Å². The standard InChI is InChI=1S/C30H26O6/c31-27(35-29(33)25-15-9-19-5-1-3-7-23(19)17-25)21-11-13-22(14-12-21)28(32)36-30(34)26-16-10-20-6-2-4-8-24(20)18-26/h9-18H,1-8H2. The number of rotatable bonds is 4. The van der Waals surface area contributed by atoms with Crippen LogP contribution in [0.25, 0.3) is 0 Å².